The zero-order chi connectivity index (χ0) is 17.1. The molecule has 0 spiro atoms. The van der Waals surface area contributed by atoms with Crippen LogP contribution in [0.2, 0.25) is 0 Å². The number of pyridine rings is 1. The Labute approximate surface area is 148 Å². The zero-order valence-electron chi connectivity index (χ0n) is 14.6. The quantitative estimate of drug-likeness (QED) is 0.796. The molecule has 3 heterocycles. The Morgan fingerprint density at radius 2 is 2.24 bits per heavy atom. The van der Waals surface area contributed by atoms with Gasteiger partial charge >= 0.3 is 0 Å². The summed E-state index contributed by atoms with van der Waals surface area (Å²) < 4.78 is 5.86. The lowest BCUT2D eigenvalue weighted by atomic mass is 9.98. The molecule has 0 aliphatic carbocycles. The van der Waals surface area contributed by atoms with Gasteiger partial charge in [0.25, 0.3) is 0 Å². The summed E-state index contributed by atoms with van der Waals surface area (Å²) in [5.74, 6) is 0.497. The predicted molar refractivity (Wildman–Crippen MR) is 98.4 cm³/mol. The number of ether oxygens (including phenoxy) is 1. The van der Waals surface area contributed by atoms with Crippen molar-refractivity contribution in [2.24, 2.45) is 5.92 Å². The summed E-state index contributed by atoms with van der Waals surface area (Å²) >= 11 is 0. The van der Waals surface area contributed by atoms with Crippen molar-refractivity contribution < 1.29 is 4.74 Å². The number of aromatic nitrogens is 3. The molecule has 0 saturated carbocycles. The third kappa shape index (κ3) is 4.06. The second-order valence-electron chi connectivity index (χ2n) is 6.94. The SMILES string of the molecule is Cc1cccc(CN2CCOC[C@H](Cc3ccc4[nH]ncc4c3)C2)n1. The number of aryl methyl sites for hydroxylation is 1. The third-order valence-electron chi connectivity index (χ3n) is 4.78. The third-order valence-corrected chi connectivity index (χ3v) is 4.78. The Kier molecular flexibility index (Phi) is 4.76. The highest BCUT2D eigenvalue weighted by Crippen LogP contribution is 2.19. The molecule has 1 aliphatic heterocycles. The predicted octanol–water partition coefficient (Wildman–Crippen LogP) is 2.96. The minimum atomic E-state index is 0.497. The van der Waals surface area contributed by atoms with Gasteiger partial charge in [0.1, 0.15) is 0 Å². The largest absolute Gasteiger partial charge is 0.380 e. The van der Waals surface area contributed by atoms with Crippen LogP contribution in [0.25, 0.3) is 10.9 Å². The van der Waals surface area contributed by atoms with Crippen LogP contribution in [0.4, 0.5) is 0 Å². The lowest BCUT2D eigenvalue weighted by Gasteiger charge is -2.23. The van der Waals surface area contributed by atoms with Gasteiger partial charge in [-0.2, -0.15) is 5.10 Å². The lowest BCUT2D eigenvalue weighted by molar-refractivity contribution is 0.121. The van der Waals surface area contributed by atoms with Gasteiger partial charge in [0, 0.05) is 30.7 Å². The molecule has 2 aromatic heterocycles. The zero-order valence-corrected chi connectivity index (χ0v) is 14.6. The summed E-state index contributed by atoms with van der Waals surface area (Å²) in [7, 11) is 0. The highest BCUT2D eigenvalue weighted by molar-refractivity contribution is 5.78. The molecule has 1 aromatic carbocycles. The molecular formula is C20H24N4O. The van der Waals surface area contributed by atoms with Crippen molar-refractivity contribution >= 4 is 10.9 Å². The van der Waals surface area contributed by atoms with Gasteiger partial charge in [-0.25, -0.2) is 0 Å². The van der Waals surface area contributed by atoms with E-state index in [0.717, 1.165) is 56.2 Å². The van der Waals surface area contributed by atoms with Crippen LogP contribution in [0.15, 0.2) is 42.6 Å². The van der Waals surface area contributed by atoms with Crippen molar-refractivity contribution in [3.8, 4) is 0 Å². The van der Waals surface area contributed by atoms with Gasteiger partial charge in [-0.05, 0) is 49.1 Å². The normalized spacial score (nSPS) is 19.2. The first-order chi connectivity index (χ1) is 12.3. The summed E-state index contributed by atoms with van der Waals surface area (Å²) in [6.07, 6.45) is 2.91. The summed E-state index contributed by atoms with van der Waals surface area (Å²) in [6, 6.07) is 12.8. The molecule has 1 N–H and O–H groups in total. The van der Waals surface area contributed by atoms with E-state index < -0.39 is 0 Å². The molecule has 4 rings (SSSR count). The van der Waals surface area contributed by atoms with Gasteiger partial charge in [-0.15, -0.1) is 0 Å². The van der Waals surface area contributed by atoms with Gasteiger partial charge in [0.2, 0.25) is 0 Å². The Morgan fingerprint density at radius 3 is 3.16 bits per heavy atom. The number of rotatable bonds is 4. The van der Waals surface area contributed by atoms with Crippen molar-refractivity contribution in [2.75, 3.05) is 26.3 Å². The number of hydrogen-bond acceptors (Lipinski definition) is 4. The van der Waals surface area contributed by atoms with Crippen LogP contribution in [0.5, 0.6) is 0 Å². The number of H-pyrrole nitrogens is 1. The van der Waals surface area contributed by atoms with Gasteiger partial charge in [-0.3, -0.25) is 15.0 Å². The molecule has 130 valence electrons. The maximum Gasteiger partial charge on any atom is 0.0650 e. The van der Waals surface area contributed by atoms with Crippen LogP contribution in [0.3, 0.4) is 0 Å². The van der Waals surface area contributed by atoms with Crippen LogP contribution >= 0.6 is 0 Å². The molecule has 5 heteroatoms. The number of aromatic amines is 1. The van der Waals surface area contributed by atoms with Crippen LogP contribution in [-0.2, 0) is 17.7 Å². The molecular weight excluding hydrogens is 312 g/mol. The summed E-state index contributed by atoms with van der Waals surface area (Å²) in [4.78, 5) is 7.11. The molecule has 3 aromatic rings. The van der Waals surface area contributed by atoms with Gasteiger partial charge in [-0.1, -0.05) is 12.1 Å². The van der Waals surface area contributed by atoms with Crippen LogP contribution < -0.4 is 0 Å². The van der Waals surface area contributed by atoms with E-state index in [1.54, 1.807) is 0 Å². The van der Waals surface area contributed by atoms with E-state index in [9.17, 15) is 0 Å². The number of hydrogen-bond donors (Lipinski definition) is 1. The first-order valence-electron chi connectivity index (χ1n) is 8.91. The first kappa shape index (κ1) is 16.2. The van der Waals surface area contributed by atoms with Gasteiger partial charge in [0.05, 0.1) is 30.6 Å². The van der Waals surface area contributed by atoms with Crippen molar-refractivity contribution in [1.82, 2.24) is 20.1 Å². The first-order valence-corrected chi connectivity index (χ1v) is 8.91. The summed E-state index contributed by atoms with van der Waals surface area (Å²) in [6.45, 7) is 6.56. The van der Waals surface area contributed by atoms with Crippen molar-refractivity contribution in [3.05, 3.63) is 59.5 Å². The lowest BCUT2D eigenvalue weighted by Crippen LogP contribution is -2.30. The number of nitrogens with zero attached hydrogens (tertiary/aromatic N) is 3. The Balaban J connectivity index is 1.44. The number of fused-ring (bicyclic) bond motifs is 1. The highest BCUT2D eigenvalue weighted by atomic mass is 16.5. The molecule has 1 saturated heterocycles. The van der Waals surface area contributed by atoms with Crippen molar-refractivity contribution in [3.63, 3.8) is 0 Å². The maximum atomic E-state index is 5.86. The van der Waals surface area contributed by atoms with E-state index in [1.807, 2.05) is 19.2 Å². The molecule has 0 bridgehead atoms. The Hall–Kier alpha value is -2.24. The number of nitrogens with one attached hydrogen (secondary N) is 1. The monoisotopic (exact) mass is 336 g/mol. The topological polar surface area (TPSA) is 54.0 Å². The summed E-state index contributed by atoms with van der Waals surface area (Å²) in [5.41, 5.74) is 4.65. The molecule has 25 heavy (non-hydrogen) atoms. The second-order valence-corrected chi connectivity index (χ2v) is 6.94. The standard InChI is InChI=1S/C20H24N4O/c1-15-3-2-4-19(22-15)13-24-7-8-25-14-17(12-24)9-16-5-6-20-18(10-16)11-21-23-20/h2-6,10-11,17H,7-9,12-14H2,1H3,(H,21,23)/t17-/m1/s1. The molecule has 1 atom stereocenters. The van der Waals surface area contributed by atoms with Crippen molar-refractivity contribution in [2.45, 2.75) is 19.9 Å². The highest BCUT2D eigenvalue weighted by Gasteiger charge is 2.19. The van der Waals surface area contributed by atoms with Crippen molar-refractivity contribution in [1.29, 1.82) is 0 Å². The maximum absolute atomic E-state index is 5.86. The Bertz CT molecular complexity index is 844. The molecule has 5 nitrogen and oxygen atoms in total. The van der Waals surface area contributed by atoms with E-state index in [4.69, 9.17) is 4.74 Å². The van der Waals surface area contributed by atoms with E-state index in [0.29, 0.717) is 5.92 Å². The molecule has 0 amide bonds. The minimum absolute atomic E-state index is 0.497. The van der Waals surface area contributed by atoms with E-state index in [1.165, 1.54) is 10.9 Å². The van der Waals surface area contributed by atoms with Crippen LogP contribution in [0.1, 0.15) is 17.0 Å². The Morgan fingerprint density at radius 1 is 1.28 bits per heavy atom. The fourth-order valence-corrected chi connectivity index (χ4v) is 3.59. The molecule has 1 fully saturated rings. The average Bonchev–Trinajstić information content (AvgIpc) is 2.95. The smallest absolute Gasteiger partial charge is 0.0650 e. The van der Waals surface area contributed by atoms with E-state index in [2.05, 4.69) is 50.4 Å². The summed E-state index contributed by atoms with van der Waals surface area (Å²) in [5, 5.41) is 8.29. The molecule has 1 aliphatic rings. The number of benzene rings is 1. The van der Waals surface area contributed by atoms with Gasteiger partial charge in [0.15, 0.2) is 0 Å². The minimum Gasteiger partial charge on any atom is -0.380 e. The fourth-order valence-electron chi connectivity index (χ4n) is 3.59. The van der Waals surface area contributed by atoms with Crippen LogP contribution in [0, 0.1) is 12.8 Å². The van der Waals surface area contributed by atoms with Gasteiger partial charge < -0.3 is 4.74 Å². The molecule has 0 unspecified atom stereocenters. The molecule has 0 radical (unpaired) electrons. The average molecular weight is 336 g/mol. The van der Waals surface area contributed by atoms with E-state index >= 15 is 0 Å². The second kappa shape index (κ2) is 7.33. The van der Waals surface area contributed by atoms with E-state index in [-0.39, 0.29) is 0 Å². The van der Waals surface area contributed by atoms with Crippen LogP contribution in [-0.4, -0.2) is 46.4 Å². The fraction of sp³-hybridized carbons (Fsp3) is 0.400.